The third-order valence-electron chi connectivity index (χ3n) is 2.92. The van der Waals surface area contributed by atoms with Gasteiger partial charge in [-0.1, -0.05) is 24.3 Å². The average Bonchev–Trinajstić information content (AvgIpc) is 2.48. The van der Waals surface area contributed by atoms with E-state index < -0.39 is 0 Å². The van der Waals surface area contributed by atoms with E-state index in [0.29, 0.717) is 0 Å². The molecule has 0 saturated carbocycles. The first-order valence-corrected chi connectivity index (χ1v) is 5.26. The van der Waals surface area contributed by atoms with E-state index in [1.807, 2.05) is 6.07 Å². The van der Waals surface area contributed by atoms with Crippen LogP contribution in [0.3, 0.4) is 0 Å². The van der Waals surface area contributed by atoms with E-state index in [1.165, 1.54) is 23.1 Å². The molecule has 0 fully saturated rings. The van der Waals surface area contributed by atoms with Crippen molar-refractivity contribution in [3.63, 3.8) is 0 Å². The number of aryl methyl sites for hydroxylation is 2. The molecule has 1 aliphatic rings. The van der Waals surface area contributed by atoms with Crippen LogP contribution in [0.1, 0.15) is 17.5 Å². The fourth-order valence-electron chi connectivity index (χ4n) is 2.17. The second-order valence-electron chi connectivity index (χ2n) is 3.86. The minimum absolute atomic E-state index is 1.04. The molecule has 0 amide bonds. The third-order valence-corrected chi connectivity index (χ3v) is 2.92. The number of fused-ring (bicyclic) bond motifs is 3. The summed E-state index contributed by atoms with van der Waals surface area (Å²) in [6.45, 7) is 0. The topological polar surface area (TPSA) is 25.8 Å². The number of aromatic nitrogens is 2. The Bertz CT molecular complexity index is 446. The molecule has 0 aliphatic heterocycles. The number of hydrogen-bond acceptors (Lipinski definition) is 2. The van der Waals surface area contributed by atoms with Crippen molar-refractivity contribution in [2.45, 2.75) is 19.3 Å². The lowest BCUT2D eigenvalue weighted by atomic mass is 10.0. The van der Waals surface area contributed by atoms with E-state index in [9.17, 15) is 0 Å². The van der Waals surface area contributed by atoms with E-state index in [-0.39, 0.29) is 0 Å². The van der Waals surface area contributed by atoms with Gasteiger partial charge in [0.1, 0.15) is 6.20 Å². The van der Waals surface area contributed by atoms with Crippen LogP contribution in [0.4, 0.5) is 0 Å². The molecule has 1 aromatic carbocycles. The highest BCUT2D eigenvalue weighted by atomic mass is 15.1. The minimum Gasteiger partial charge on any atom is -0.150 e. The van der Waals surface area contributed by atoms with Crippen molar-refractivity contribution in [2.24, 2.45) is 0 Å². The van der Waals surface area contributed by atoms with E-state index in [0.717, 1.165) is 18.5 Å². The fourth-order valence-corrected chi connectivity index (χ4v) is 2.17. The molecule has 3 rings (SSSR count). The van der Waals surface area contributed by atoms with Gasteiger partial charge in [0, 0.05) is 5.56 Å². The van der Waals surface area contributed by atoms with Crippen LogP contribution in [-0.4, -0.2) is 10.2 Å². The zero-order chi connectivity index (χ0) is 10.1. The predicted molar refractivity (Wildman–Crippen MR) is 58.3 cm³/mol. The van der Waals surface area contributed by atoms with Crippen LogP contribution in [0, 0.1) is 6.20 Å². The first-order valence-electron chi connectivity index (χ1n) is 5.26. The standard InChI is InChI=1S/C13H11N2/c1-2-7-12-10(4-1)5-3-6-11-8-9-14-15-13(11)12/h1-2,4,7-8H,3,5-6H2. The highest BCUT2D eigenvalue weighted by molar-refractivity contribution is 5.67. The van der Waals surface area contributed by atoms with E-state index in [2.05, 4.69) is 40.7 Å². The van der Waals surface area contributed by atoms with Crippen molar-refractivity contribution in [1.82, 2.24) is 10.2 Å². The minimum atomic E-state index is 1.04. The molecule has 2 nitrogen and oxygen atoms in total. The van der Waals surface area contributed by atoms with Gasteiger partial charge in [-0.25, -0.2) is 0 Å². The summed E-state index contributed by atoms with van der Waals surface area (Å²) in [6, 6.07) is 10.4. The first kappa shape index (κ1) is 8.60. The summed E-state index contributed by atoms with van der Waals surface area (Å²) in [7, 11) is 0. The van der Waals surface area contributed by atoms with Crippen molar-refractivity contribution < 1.29 is 0 Å². The Morgan fingerprint density at radius 1 is 1.07 bits per heavy atom. The lowest BCUT2D eigenvalue weighted by Crippen LogP contribution is -1.93. The van der Waals surface area contributed by atoms with Crippen LogP contribution in [0.15, 0.2) is 30.3 Å². The number of benzene rings is 1. The number of hydrogen-bond donors (Lipinski definition) is 0. The molecule has 15 heavy (non-hydrogen) atoms. The molecule has 0 saturated heterocycles. The number of rotatable bonds is 0. The maximum atomic E-state index is 4.22. The molecule has 2 heteroatoms. The summed E-state index contributed by atoms with van der Waals surface area (Å²) < 4.78 is 0. The Labute approximate surface area is 89.0 Å². The lowest BCUT2D eigenvalue weighted by Gasteiger charge is -2.05. The molecule has 1 aromatic heterocycles. The molecule has 0 unspecified atom stereocenters. The van der Waals surface area contributed by atoms with Gasteiger partial charge in [0.25, 0.3) is 0 Å². The van der Waals surface area contributed by atoms with Gasteiger partial charge in [-0.05, 0) is 36.5 Å². The monoisotopic (exact) mass is 195 g/mol. The van der Waals surface area contributed by atoms with Crippen LogP contribution in [0.2, 0.25) is 0 Å². The summed E-state index contributed by atoms with van der Waals surface area (Å²) in [6.07, 6.45) is 6.21. The van der Waals surface area contributed by atoms with Crippen molar-refractivity contribution in [3.8, 4) is 11.3 Å². The van der Waals surface area contributed by atoms with Crippen LogP contribution >= 0.6 is 0 Å². The third kappa shape index (κ3) is 1.42. The van der Waals surface area contributed by atoms with Gasteiger partial charge in [0.05, 0.1) is 5.69 Å². The molecule has 0 bridgehead atoms. The highest BCUT2D eigenvalue weighted by Crippen LogP contribution is 2.29. The Kier molecular flexibility index (Phi) is 1.98. The molecule has 0 N–H and O–H groups in total. The van der Waals surface area contributed by atoms with Crippen LogP contribution in [0.5, 0.6) is 0 Å². The Balaban J connectivity index is 2.27. The molecule has 2 aromatic rings. The summed E-state index contributed by atoms with van der Waals surface area (Å²) in [5.41, 5.74) is 4.94. The molecule has 0 spiro atoms. The van der Waals surface area contributed by atoms with Crippen LogP contribution in [0.25, 0.3) is 11.3 Å². The van der Waals surface area contributed by atoms with E-state index >= 15 is 0 Å². The lowest BCUT2D eigenvalue weighted by molar-refractivity contribution is 0.829. The van der Waals surface area contributed by atoms with Gasteiger partial charge >= 0.3 is 0 Å². The maximum absolute atomic E-state index is 4.22. The Morgan fingerprint density at radius 2 is 1.93 bits per heavy atom. The largest absolute Gasteiger partial charge is 0.150 e. The molecule has 1 radical (unpaired) electrons. The van der Waals surface area contributed by atoms with Gasteiger partial charge in [-0.3, -0.25) is 0 Å². The molecule has 1 heterocycles. The quantitative estimate of drug-likeness (QED) is 0.645. The fraction of sp³-hybridized carbons (Fsp3) is 0.231. The SMILES string of the molecule is [c]1cc2c(nn1)-c1ccccc1CCC2. The zero-order valence-corrected chi connectivity index (χ0v) is 8.40. The van der Waals surface area contributed by atoms with Gasteiger partial charge in [0.15, 0.2) is 0 Å². The Morgan fingerprint density at radius 3 is 2.93 bits per heavy atom. The first-order chi connectivity index (χ1) is 7.45. The smallest absolute Gasteiger partial charge is 0.114 e. The summed E-state index contributed by atoms with van der Waals surface area (Å²) >= 11 is 0. The second-order valence-corrected chi connectivity index (χ2v) is 3.86. The van der Waals surface area contributed by atoms with Crippen molar-refractivity contribution in [2.75, 3.05) is 0 Å². The van der Waals surface area contributed by atoms with Gasteiger partial charge in [-0.15, -0.1) is 10.2 Å². The summed E-state index contributed by atoms with van der Waals surface area (Å²) in [5.74, 6) is 0. The van der Waals surface area contributed by atoms with Crippen molar-refractivity contribution >= 4 is 0 Å². The molecular formula is C13H11N2. The predicted octanol–water partition coefficient (Wildman–Crippen LogP) is 2.43. The molecule has 73 valence electrons. The van der Waals surface area contributed by atoms with Crippen molar-refractivity contribution in [1.29, 1.82) is 0 Å². The van der Waals surface area contributed by atoms with Crippen molar-refractivity contribution in [3.05, 3.63) is 47.7 Å². The Hall–Kier alpha value is -1.70. The second kappa shape index (κ2) is 3.46. The maximum Gasteiger partial charge on any atom is 0.114 e. The summed E-state index contributed by atoms with van der Waals surface area (Å²) in [4.78, 5) is 0. The summed E-state index contributed by atoms with van der Waals surface area (Å²) in [5, 5.41) is 8.08. The van der Waals surface area contributed by atoms with Gasteiger partial charge in [-0.2, -0.15) is 0 Å². The highest BCUT2D eigenvalue weighted by Gasteiger charge is 2.14. The number of nitrogens with zero attached hydrogens (tertiary/aromatic N) is 2. The van der Waals surface area contributed by atoms with Gasteiger partial charge in [0.2, 0.25) is 0 Å². The zero-order valence-electron chi connectivity index (χ0n) is 8.40. The van der Waals surface area contributed by atoms with E-state index in [1.54, 1.807) is 0 Å². The molecular weight excluding hydrogens is 184 g/mol. The molecule has 0 atom stereocenters. The average molecular weight is 195 g/mol. The van der Waals surface area contributed by atoms with Gasteiger partial charge < -0.3 is 0 Å². The van der Waals surface area contributed by atoms with Crippen LogP contribution < -0.4 is 0 Å². The van der Waals surface area contributed by atoms with E-state index in [4.69, 9.17) is 0 Å². The molecule has 1 aliphatic carbocycles. The normalized spacial score (nSPS) is 13.9. The van der Waals surface area contributed by atoms with Crippen LogP contribution in [-0.2, 0) is 12.8 Å².